The molecule has 4 rings (SSSR count). The molecule has 0 atom stereocenters. The molecule has 0 fully saturated rings. The van der Waals surface area contributed by atoms with Crippen LogP contribution in [-0.2, 0) is 6.42 Å². The first-order valence-corrected chi connectivity index (χ1v) is 7.02. The zero-order valence-corrected chi connectivity index (χ0v) is 12.0. The molecule has 110 valence electrons. The van der Waals surface area contributed by atoms with Crippen molar-refractivity contribution in [3.05, 3.63) is 59.4 Å². The van der Waals surface area contributed by atoms with Crippen LogP contribution in [0, 0.1) is 5.82 Å². The topological polar surface area (TPSA) is 49.9 Å². The van der Waals surface area contributed by atoms with E-state index in [-0.39, 0.29) is 5.82 Å². The Hall–Kier alpha value is -2.82. The van der Waals surface area contributed by atoms with E-state index < -0.39 is 0 Å². The molecule has 0 unspecified atom stereocenters. The van der Waals surface area contributed by atoms with Crippen molar-refractivity contribution in [3.63, 3.8) is 0 Å². The van der Waals surface area contributed by atoms with Crippen molar-refractivity contribution in [2.24, 2.45) is 0 Å². The SMILES string of the molecule is COc1cccc2c1Cc1c(Nc3ccc(F)cc3)n[nH]c1-2. The first-order chi connectivity index (χ1) is 10.8. The van der Waals surface area contributed by atoms with E-state index in [1.807, 2.05) is 12.1 Å². The standard InChI is InChI=1S/C17H14FN3O/c1-22-15-4-2-3-12-13(15)9-14-16(12)20-21-17(14)19-11-7-5-10(18)6-8-11/h2-8H,9H2,1H3,(H2,19,20,21). The smallest absolute Gasteiger partial charge is 0.156 e. The third-order valence-electron chi connectivity index (χ3n) is 3.95. The number of benzene rings is 2. The van der Waals surface area contributed by atoms with Crippen LogP contribution in [-0.4, -0.2) is 17.3 Å². The van der Waals surface area contributed by atoms with E-state index in [2.05, 4.69) is 21.6 Å². The Morgan fingerprint density at radius 2 is 1.95 bits per heavy atom. The third kappa shape index (κ3) is 1.94. The number of rotatable bonds is 3. The van der Waals surface area contributed by atoms with E-state index in [1.54, 1.807) is 19.2 Å². The van der Waals surface area contributed by atoms with Crippen LogP contribution in [0.3, 0.4) is 0 Å². The second-order valence-corrected chi connectivity index (χ2v) is 5.22. The zero-order chi connectivity index (χ0) is 15.1. The number of halogens is 1. The average Bonchev–Trinajstić information content (AvgIpc) is 3.09. The first kappa shape index (κ1) is 12.9. The van der Waals surface area contributed by atoms with Gasteiger partial charge in [0.1, 0.15) is 11.6 Å². The van der Waals surface area contributed by atoms with Gasteiger partial charge in [-0.15, -0.1) is 0 Å². The minimum absolute atomic E-state index is 0.255. The molecule has 2 N–H and O–H groups in total. The number of H-pyrrole nitrogens is 1. The second-order valence-electron chi connectivity index (χ2n) is 5.22. The molecule has 5 heteroatoms. The number of nitrogens with one attached hydrogen (secondary N) is 2. The number of anilines is 2. The number of fused-ring (bicyclic) bond motifs is 3. The molecule has 2 aromatic carbocycles. The van der Waals surface area contributed by atoms with E-state index >= 15 is 0 Å². The Kier molecular flexibility index (Phi) is 2.85. The third-order valence-corrected chi connectivity index (χ3v) is 3.95. The van der Waals surface area contributed by atoms with Gasteiger partial charge in [0.05, 0.1) is 12.8 Å². The number of hydrogen-bond acceptors (Lipinski definition) is 3. The second kappa shape index (κ2) is 4.87. The van der Waals surface area contributed by atoms with Gasteiger partial charge in [-0.3, -0.25) is 5.10 Å². The molecule has 1 aliphatic carbocycles. The fourth-order valence-electron chi connectivity index (χ4n) is 2.88. The molecule has 0 spiro atoms. The Morgan fingerprint density at radius 1 is 1.14 bits per heavy atom. The van der Waals surface area contributed by atoms with Gasteiger partial charge < -0.3 is 10.1 Å². The van der Waals surface area contributed by atoms with Crippen LogP contribution >= 0.6 is 0 Å². The molecule has 1 aromatic heterocycles. The minimum Gasteiger partial charge on any atom is -0.496 e. The number of nitrogens with zero attached hydrogens (tertiary/aromatic N) is 1. The summed E-state index contributed by atoms with van der Waals surface area (Å²) < 4.78 is 18.4. The summed E-state index contributed by atoms with van der Waals surface area (Å²) in [5.41, 5.74) is 5.20. The lowest BCUT2D eigenvalue weighted by Gasteiger charge is -2.07. The molecule has 0 radical (unpaired) electrons. The molecular weight excluding hydrogens is 281 g/mol. The Balaban J connectivity index is 1.70. The van der Waals surface area contributed by atoms with Crippen LogP contribution in [0.5, 0.6) is 5.75 Å². The Bertz CT molecular complexity index is 840. The minimum atomic E-state index is -0.255. The van der Waals surface area contributed by atoms with Gasteiger partial charge in [-0.05, 0) is 30.3 Å². The van der Waals surface area contributed by atoms with Gasteiger partial charge in [0.25, 0.3) is 0 Å². The summed E-state index contributed by atoms with van der Waals surface area (Å²) in [6.07, 6.45) is 0.759. The van der Waals surface area contributed by atoms with Crippen molar-refractivity contribution < 1.29 is 9.13 Å². The molecule has 3 aromatic rings. The van der Waals surface area contributed by atoms with Gasteiger partial charge >= 0.3 is 0 Å². The van der Waals surface area contributed by atoms with Crippen LogP contribution < -0.4 is 10.1 Å². The van der Waals surface area contributed by atoms with Gasteiger partial charge in [0, 0.05) is 28.8 Å². The molecule has 0 amide bonds. The molecule has 0 aliphatic heterocycles. The van der Waals surface area contributed by atoms with Gasteiger partial charge in [-0.1, -0.05) is 12.1 Å². The summed E-state index contributed by atoms with van der Waals surface area (Å²) in [7, 11) is 1.68. The van der Waals surface area contributed by atoms with Crippen LogP contribution in [0.4, 0.5) is 15.9 Å². The normalized spacial score (nSPS) is 11.9. The predicted molar refractivity (Wildman–Crippen MR) is 83.1 cm³/mol. The van der Waals surface area contributed by atoms with Gasteiger partial charge in [0.15, 0.2) is 5.82 Å². The molecule has 0 saturated carbocycles. The van der Waals surface area contributed by atoms with E-state index in [9.17, 15) is 4.39 Å². The van der Waals surface area contributed by atoms with Crippen LogP contribution in [0.2, 0.25) is 0 Å². The molecule has 0 saturated heterocycles. The quantitative estimate of drug-likeness (QED) is 0.603. The highest BCUT2D eigenvalue weighted by Crippen LogP contribution is 2.43. The molecule has 0 bridgehead atoms. The fourth-order valence-corrected chi connectivity index (χ4v) is 2.88. The Labute approximate surface area is 126 Å². The summed E-state index contributed by atoms with van der Waals surface area (Å²) in [4.78, 5) is 0. The predicted octanol–water partition coefficient (Wildman–Crippen LogP) is 3.87. The highest BCUT2D eigenvalue weighted by Gasteiger charge is 2.26. The number of aromatic nitrogens is 2. The first-order valence-electron chi connectivity index (χ1n) is 7.02. The van der Waals surface area contributed by atoms with Crippen molar-refractivity contribution in [2.75, 3.05) is 12.4 Å². The maximum atomic E-state index is 13.0. The zero-order valence-electron chi connectivity index (χ0n) is 12.0. The van der Waals surface area contributed by atoms with Gasteiger partial charge in [-0.25, -0.2) is 4.39 Å². The van der Waals surface area contributed by atoms with Crippen LogP contribution in [0.1, 0.15) is 11.1 Å². The van der Waals surface area contributed by atoms with Crippen molar-refractivity contribution in [2.45, 2.75) is 6.42 Å². The van der Waals surface area contributed by atoms with Gasteiger partial charge in [-0.2, -0.15) is 5.10 Å². The van der Waals surface area contributed by atoms with Crippen molar-refractivity contribution in [1.29, 1.82) is 0 Å². The maximum Gasteiger partial charge on any atom is 0.156 e. The summed E-state index contributed by atoms with van der Waals surface area (Å²) in [5.74, 6) is 1.39. The lowest BCUT2D eigenvalue weighted by Crippen LogP contribution is -1.96. The largest absolute Gasteiger partial charge is 0.496 e. The summed E-state index contributed by atoms with van der Waals surface area (Å²) in [6.45, 7) is 0. The molecule has 1 aliphatic rings. The fraction of sp³-hybridized carbons (Fsp3) is 0.118. The number of hydrogen-bond donors (Lipinski definition) is 2. The molecule has 1 heterocycles. The van der Waals surface area contributed by atoms with E-state index in [0.717, 1.165) is 46.1 Å². The number of ether oxygens (including phenoxy) is 1. The van der Waals surface area contributed by atoms with E-state index in [1.165, 1.54) is 12.1 Å². The lowest BCUT2D eigenvalue weighted by atomic mass is 10.1. The summed E-state index contributed by atoms with van der Waals surface area (Å²) in [6, 6.07) is 12.2. The van der Waals surface area contributed by atoms with Crippen molar-refractivity contribution in [1.82, 2.24) is 10.2 Å². The molecular formula is C17H14FN3O. The molecule has 4 nitrogen and oxygen atoms in total. The highest BCUT2D eigenvalue weighted by molar-refractivity contribution is 5.81. The van der Waals surface area contributed by atoms with Gasteiger partial charge in [0.2, 0.25) is 0 Å². The van der Waals surface area contributed by atoms with Crippen molar-refractivity contribution >= 4 is 11.5 Å². The number of aromatic amines is 1. The van der Waals surface area contributed by atoms with Crippen LogP contribution in [0.25, 0.3) is 11.3 Å². The van der Waals surface area contributed by atoms with Crippen LogP contribution in [0.15, 0.2) is 42.5 Å². The van der Waals surface area contributed by atoms with E-state index in [4.69, 9.17) is 4.74 Å². The number of methoxy groups -OCH3 is 1. The lowest BCUT2D eigenvalue weighted by molar-refractivity contribution is 0.411. The Morgan fingerprint density at radius 3 is 2.73 bits per heavy atom. The molecule has 22 heavy (non-hydrogen) atoms. The summed E-state index contributed by atoms with van der Waals surface area (Å²) >= 11 is 0. The maximum absolute atomic E-state index is 13.0. The van der Waals surface area contributed by atoms with E-state index in [0.29, 0.717) is 0 Å². The summed E-state index contributed by atoms with van der Waals surface area (Å²) in [5, 5.41) is 10.7. The monoisotopic (exact) mass is 295 g/mol. The van der Waals surface area contributed by atoms with Crippen molar-refractivity contribution in [3.8, 4) is 17.0 Å². The average molecular weight is 295 g/mol. The highest BCUT2D eigenvalue weighted by atomic mass is 19.1.